The lowest BCUT2D eigenvalue weighted by atomic mass is 10.4. The first kappa shape index (κ1) is 23.3. The maximum Gasteiger partial charge on any atom is 0.409 e. The van der Waals surface area contributed by atoms with Crippen LogP contribution < -0.4 is 0 Å². The van der Waals surface area contributed by atoms with Gasteiger partial charge < -0.3 is 9.64 Å². The molecule has 164 valence electrons. The summed E-state index contributed by atoms with van der Waals surface area (Å²) in [5.74, 6) is 0. The van der Waals surface area contributed by atoms with Crippen LogP contribution in [-0.2, 0) is 25.2 Å². The summed E-state index contributed by atoms with van der Waals surface area (Å²) in [6.07, 6.45) is -0.435. The molecule has 2 heterocycles. The molecule has 0 aromatic heterocycles. The van der Waals surface area contributed by atoms with Crippen LogP contribution >= 0.6 is 0 Å². The predicted octanol–water partition coefficient (Wildman–Crippen LogP) is -0.790. The molecule has 2 fully saturated rings. The first-order chi connectivity index (χ1) is 13.2. The first-order valence-corrected chi connectivity index (χ1v) is 12.4. The number of carbonyl (C=O) groups is 1. The van der Waals surface area contributed by atoms with Crippen LogP contribution in [0.5, 0.6) is 0 Å². The molecule has 1 amide bonds. The standard InChI is InChI=1S/C15H31N5O6S2/c1-4-17(5-2)27(22,23)19-11-13-20(14-12-19)28(24,25)18-9-7-16(8-10-18)15(21)26-6-3/h4-14H2,1-3H3. The number of hydrogen-bond acceptors (Lipinski definition) is 6. The molecular weight excluding hydrogens is 410 g/mol. The molecule has 0 bridgehead atoms. The SMILES string of the molecule is CCOC(=O)N1CCN(S(=O)(=O)N2CCN(S(=O)(=O)N(CC)CC)CC2)CC1. The van der Waals surface area contributed by atoms with Crippen LogP contribution in [0.4, 0.5) is 4.79 Å². The molecule has 0 N–H and O–H groups in total. The quantitative estimate of drug-likeness (QED) is 0.512. The van der Waals surface area contributed by atoms with E-state index in [0.717, 1.165) is 0 Å². The van der Waals surface area contributed by atoms with Crippen molar-refractivity contribution in [2.24, 2.45) is 0 Å². The monoisotopic (exact) mass is 441 g/mol. The molecule has 0 radical (unpaired) electrons. The van der Waals surface area contributed by atoms with Gasteiger partial charge in [-0.15, -0.1) is 0 Å². The molecule has 13 heteroatoms. The number of ether oxygens (including phenoxy) is 1. The molecule has 2 aliphatic heterocycles. The number of rotatable bonds is 7. The molecule has 0 atom stereocenters. The van der Waals surface area contributed by atoms with Gasteiger partial charge in [0, 0.05) is 65.4 Å². The summed E-state index contributed by atoms with van der Waals surface area (Å²) in [7, 11) is -7.26. The van der Waals surface area contributed by atoms with Gasteiger partial charge in [0.1, 0.15) is 0 Å². The van der Waals surface area contributed by atoms with E-state index in [-0.39, 0.29) is 59.0 Å². The van der Waals surface area contributed by atoms with E-state index in [0.29, 0.717) is 13.1 Å². The second-order valence-electron chi connectivity index (χ2n) is 6.48. The highest BCUT2D eigenvalue weighted by molar-refractivity contribution is 7.87. The predicted molar refractivity (Wildman–Crippen MR) is 104 cm³/mol. The fourth-order valence-electron chi connectivity index (χ4n) is 3.32. The van der Waals surface area contributed by atoms with Crippen molar-refractivity contribution in [2.75, 3.05) is 72.1 Å². The van der Waals surface area contributed by atoms with Crippen molar-refractivity contribution >= 4 is 26.5 Å². The molecule has 0 saturated carbocycles. The van der Waals surface area contributed by atoms with Crippen LogP contribution in [0.1, 0.15) is 20.8 Å². The van der Waals surface area contributed by atoms with Crippen molar-refractivity contribution in [1.82, 2.24) is 22.1 Å². The van der Waals surface area contributed by atoms with Crippen molar-refractivity contribution in [1.29, 1.82) is 0 Å². The van der Waals surface area contributed by atoms with Gasteiger partial charge in [0.25, 0.3) is 20.4 Å². The fourth-order valence-corrected chi connectivity index (χ4v) is 6.50. The van der Waals surface area contributed by atoms with Gasteiger partial charge in [-0.1, -0.05) is 13.8 Å². The molecule has 0 aromatic rings. The van der Waals surface area contributed by atoms with Crippen LogP contribution in [0.15, 0.2) is 0 Å². The summed E-state index contributed by atoms with van der Waals surface area (Å²) >= 11 is 0. The van der Waals surface area contributed by atoms with Crippen LogP contribution in [0, 0.1) is 0 Å². The first-order valence-electron chi connectivity index (χ1n) is 9.60. The smallest absolute Gasteiger partial charge is 0.409 e. The molecule has 2 saturated heterocycles. The summed E-state index contributed by atoms with van der Waals surface area (Å²) in [6.45, 7) is 7.71. The fraction of sp³-hybridized carbons (Fsp3) is 0.933. The minimum Gasteiger partial charge on any atom is -0.450 e. The average Bonchev–Trinajstić information content (AvgIpc) is 2.69. The van der Waals surface area contributed by atoms with Crippen molar-refractivity contribution in [3.05, 3.63) is 0 Å². The summed E-state index contributed by atoms with van der Waals surface area (Å²) in [5.41, 5.74) is 0. The van der Waals surface area contributed by atoms with Gasteiger partial charge >= 0.3 is 6.09 Å². The molecule has 0 spiro atoms. The summed E-state index contributed by atoms with van der Waals surface area (Å²) < 4.78 is 61.2. The minimum atomic E-state index is -3.69. The van der Waals surface area contributed by atoms with E-state index < -0.39 is 26.5 Å². The molecule has 2 aliphatic rings. The van der Waals surface area contributed by atoms with Gasteiger partial charge in [0.15, 0.2) is 0 Å². The van der Waals surface area contributed by atoms with Crippen molar-refractivity contribution in [3.8, 4) is 0 Å². The number of hydrogen-bond donors (Lipinski definition) is 0. The summed E-state index contributed by atoms with van der Waals surface area (Å²) in [5, 5.41) is 0. The zero-order valence-corrected chi connectivity index (χ0v) is 18.4. The third kappa shape index (κ3) is 4.94. The number of amides is 1. The Hall–Kier alpha value is -0.990. The highest BCUT2D eigenvalue weighted by Gasteiger charge is 2.38. The average molecular weight is 442 g/mol. The normalized spacial score (nSPS) is 21.2. The van der Waals surface area contributed by atoms with E-state index in [1.54, 1.807) is 20.8 Å². The topological polar surface area (TPSA) is 111 Å². The van der Waals surface area contributed by atoms with E-state index in [4.69, 9.17) is 4.74 Å². The summed E-state index contributed by atoms with van der Waals surface area (Å²) in [4.78, 5) is 13.2. The van der Waals surface area contributed by atoms with Gasteiger partial charge in [-0.2, -0.15) is 34.1 Å². The van der Waals surface area contributed by atoms with Gasteiger partial charge in [0.2, 0.25) is 0 Å². The number of carbonyl (C=O) groups excluding carboxylic acids is 1. The largest absolute Gasteiger partial charge is 0.450 e. The Morgan fingerprint density at radius 3 is 1.64 bits per heavy atom. The van der Waals surface area contributed by atoms with Gasteiger partial charge in [-0.25, -0.2) is 4.79 Å². The van der Waals surface area contributed by atoms with Crippen LogP contribution in [0.2, 0.25) is 0 Å². The minimum absolute atomic E-state index is 0.112. The zero-order chi connectivity index (χ0) is 20.9. The lowest BCUT2D eigenvalue weighted by Crippen LogP contribution is -2.59. The Morgan fingerprint density at radius 1 is 0.786 bits per heavy atom. The number of nitrogens with zero attached hydrogens (tertiary/aromatic N) is 5. The highest BCUT2D eigenvalue weighted by Crippen LogP contribution is 2.18. The molecule has 2 rings (SSSR count). The molecule has 11 nitrogen and oxygen atoms in total. The van der Waals surface area contributed by atoms with Crippen molar-refractivity contribution in [2.45, 2.75) is 20.8 Å². The molecule has 0 aromatic carbocycles. The second kappa shape index (κ2) is 9.67. The van der Waals surface area contributed by atoms with Crippen LogP contribution in [0.3, 0.4) is 0 Å². The molecule has 0 unspecified atom stereocenters. The van der Waals surface area contributed by atoms with E-state index >= 15 is 0 Å². The Morgan fingerprint density at radius 2 is 1.21 bits per heavy atom. The summed E-state index contributed by atoms with van der Waals surface area (Å²) in [6, 6.07) is 0. The van der Waals surface area contributed by atoms with Crippen molar-refractivity contribution in [3.63, 3.8) is 0 Å². The lowest BCUT2D eigenvalue weighted by molar-refractivity contribution is 0.0921. The van der Waals surface area contributed by atoms with Gasteiger partial charge in [-0.05, 0) is 6.92 Å². The van der Waals surface area contributed by atoms with E-state index in [2.05, 4.69) is 0 Å². The van der Waals surface area contributed by atoms with Gasteiger partial charge in [-0.3, -0.25) is 0 Å². The van der Waals surface area contributed by atoms with E-state index in [1.807, 2.05) is 0 Å². The van der Waals surface area contributed by atoms with Gasteiger partial charge in [0.05, 0.1) is 6.61 Å². The highest BCUT2D eigenvalue weighted by atomic mass is 32.2. The maximum atomic E-state index is 12.9. The zero-order valence-electron chi connectivity index (χ0n) is 16.8. The third-order valence-corrected chi connectivity index (χ3v) is 9.19. The Labute approximate surface area is 168 Å². The number of piperazine rings is 2. The third-order valence-electron chi connectivity index (χ3n) is 4.97. The maximum absolute atomic E-state index is 12.9. The Balaban J connectivity index is 1.94. The Kier molecular flexibility index (Phi) is 8.05. The van der Waals surface area contributed by atoms with Crippen LogP contribution in [0.25, 0.3) is 0 Å². The Bertz CT molecular complexity index is 724. The van der Waals surface area contributed by atoms with E-state index in [9.17, 15) is 21.6 Å². The second-order valence-corrected chi connectivity index (χ2v) is 10.3. The lowest BCUT2D eigenvalue weighted by Gasteiger charge is -2.39. The molecule has 28 heavy (non-hydrogen) atoms. The van der Waals surface area contributed by atoms with Crippen molar-refractivity contribution < 1.29 is 26.4 Å². The molecule has 0 aliphatic carbocycles. The molecular formula is C15H31N5O6S2. The van der Waals surface area contributed by atoms with E-state index in [1.165, 1.54) is 22.1 Å². The van der Waals surface area contributed by atoms with Crippen LogP contribution in [-0.4, -0.2) is 117 Å².